The number of hydrogen-bond donors (Lipinski definition) is 0. The van der Waals surface area contributed by atoms with Crippen LogP contribution in [0.4, 0.5) is 10.5 Å². The zero-order chi connectivity index (χ0) is 10.8. The van der Waals surface area contributed by atoms with Gasteiger partial charge in [-0.2, -0.15) is 0 Å². The van der Waals surface area contributed by atoms with E-state index in [1.165, 1.54) is 0 Å². The summed E-state index contributed by atoms with van der Waals surface area (Å²) in [6.45, 7) is 2.52. The van der Waals surface area contributed by atoms with Gasteiger partial charge in [-0.05, 0) is 47.2 Å². The molecule has 0 bridgehead atoms. The summed E-state index contributed by atoms with van der Waals surface area (Å²) in [4.78, 5) is 13.1. The van der Waals surface area contributed by atoms with E-state index < -0.39 is 0 Å². The van der Waals surface area contributed by atoms with Gasteiger partial charge in [0.15, 0.2) is 0 Å². The molecule has 1 amide bonds. The molecule has 0 N–H and O–H groups in total. The monoisotopic (exact) mass is 315 g/mol. The largest absolute Gasteiger partial charge is 0.419 e. The molecule has 1 aliphatic rings. The first-order valence-corrected chi connectivity index (χ1v) is 5.80. The lowest BCUT2D eigenvalue weighted by molar-refractivity contribution is 0.199. The minimum absolute atomic E-state index is 0.302. The summed E-state index contributed by atoms with van der Waals surface area (Å²) in [6.07, 6.45) is -0.302. The van der Waals surface area contributed by atoms with E-state index in [9.17, 15) is 4.79 Å². The van der Waals surface area contributed by atoms with E-state index in [0.29, 0.717) is 12.3 Å². The van der Waals surface area contributed by atoms with Crippen LogP contribution in [0.25, 0.3) is 0 Å². The maximum atomic E-state index is 11.5. The first kappa shape index (κ1) is 10.5. The zero-order valence-corrected chi connectivity index (χ0v) is 10.4. The van der Waals surface area contributed by atoms with Crippen LogP contribution in [0.1, 0.15) is 5.56 Å². The third-order valence-electron chi connectivity index (χ3n) is 2.19. The van der Waals surface area contributed by atoms with Gasteiger partial charge in [-0.1, -0.05) is 12.1 Å². The van der Waals surface area contributed by atoms with E-state index in [4.69, 9.17) is 4.74 Å². The molecule has 1 fully saturated rings. The number of nitrogens with zero attached hydrogens (tertiary/aromatic N) is 1. The van der Waals surface area contributed by atoms with Crippen LogP contribution in [0.5, 0.6) is 0 Å². The zero-order valence-electron chi connectivity index (χ0n) is 8.24. The second kappa shape index (κ2) is 4.22. The quantitative estimate of drug-likeness (QED) is 0.745. The Labute approximate surface area is 102 Å². The van der Waals surface area contributed by atoms with E-state index in [1.807, 2.05) is 31.2 Å². The lowest BCUT2D eigenvalue weighted by Crippen LogP contribution is -2.23. The molecule has 3 nitrogen and oxygen atoms in total. The number of carbonyl (C=O) groups is 1. The van der Waals surface area contributed by atoms with E-state index in [0.717, 1.165) is 11.3 Å². The van der Waals surface area contributed by atoms with Gasteiger partial charge in [-0.3, -0.25) is 4.90 Å². The van der Waals surface area contributed by atoms with Gasteiger partial charge < -0.3 is 4.74 Å². The molecule has 0 aliphatic carbocycles. The molecule has 0 atom stereocenters. The molecule has 1 aromatic rings. The normalized spacial score (nSPS) is 18.4. The number of ether oxygens (including phenoxy) is 1. The molecule has 4 heteroatoms. The highest BCUT2D eigenvalue weighted by Gasteiger charge is 2.27. The minimum Gasteiger partial charge on any atom is -0.412 e. The van der Waals surface area contributed by atoms with Crippen LogP contribution >= 0.6 is 22.6 Å². The van der Waals surface area contributed by atoms with Crippen LogP contribution in [0, 0.1) is 6.92 Å². The minimum atomic E-state index is -0.302. The summed E-state index contributed by atoms with van der Waals surface area (Å²) in [6, 6.07) is 7.81. The SMILES string of the molecule is Cc1cccc(N2CC(=CI)OC2=O)c1. The molecule has 1 aromatic carbocycles. The second-order valence-electron chi connectivity index (χ2n) is 3.37. The Bertz CT molecular complexity index is 428. The highest BCUT2D eigenvalue weighted by Crippen LogP contribution is 2.24. The van der Waals surface area contributed by atoms with Crippen molar-refractivity contribution in [1.29, 1.82) is 0 Å². The number of carbonyl (C=O) groups excluding carboxylic acids is 1. The Morgan fingerprint density at radius 2 is 2.33 bits per heavy atom. The molecule has 78 valence electrons. The molecule has 0 unspecified atom stereocenters. The molecule has 0 spiro atoms. The molecule has 2 rings (SSSR count). The van der Waals surface area contributed by atoms with E-state index in [1.54, 1.807) is 8.98 Å². The lowest BCUT2D eigenvalue weighted by atomic mass is 10.2. The average Bonchev–Trinajstić information content (AvgIpc) is 2.60. The molecule has 1 saturated heterocycles. The third kappa shape index (κ3) is 2.14. The maximum Gasteiger partial charge on any atom is 0.419 e. The molecule has 0 radical (unpaired) electrons. The van der Waals surface area contributed by atoms with Gasteiger partial charge >= 0.3 is 6.09 Å². The fraction of sp³-hybridized carbons (Fsp3) is 0.182. The smallest absolute Gasteiger partial charge is 0.412 e. The van der Waals surface area contributed by atoms with Crippen molar-refractivity contribution >= 4 is 34.4 Å². The van der Waals surface area contributed by atoms with Gasteiger partial charge in [0.1, 0.15) is 5.76 Å². The molecular weight excluding hydrogens is 305 g/mol. The van der Waals surface area contributed by atoms with E-state index in [-0.39, 0.29) is 6.09 Å². The Hall–Kier alpha value is -1.04. The highest BCUT2D eigenvalue weighted by atomic mass is 127. The van der Waals surface area contributed by atoms with Gasteiger partial charge in [0.2, 0.25) is 0 Å². The van der Waals surface area contributed by atoms with Crippen molar-refractivity contribution < 1.29 is 9.53 Å². The summed E-state index contributed by atoms with van der Waals surface area (Å²) >= 11 is 2.07. The van der Waals surface area contributed by atoms with Gasteiger partial charge in [0.05, 0.1) is 6.54 Å². The standard InChI is InChI=1S/C11H10INO2/c1-8-3-2-4-9(5-8)13-7-10(6-12)15-11(13)14/h2-6H,7H2,1H3. The van der Waals surface area contributed by atoms with Crippen LogP contribution < -0.4 is 4.90 Å². The number of hydrogen-bond acceptors (Lipinski definition) is 2. The lowest BCUT2D eigenvalue weighted by Gasteiger charge is -2.12. The molecule has 0 saturated carbocycles. The number of anilines is 1. The first-order chi connectivity index (χ1) is 7.20. The van der Waals surface area contributed by atoms with Crippen LogP contribution in [0.2, 0.25) is 0 Å². The number of rotatable bonds is 1. The van der Waals surface area contributed by atoms with Crippen molar-refractivity contribution in [2.75, 3.05) is 11.4 Å². The third-order valence-corrected chi connectivity index (χ3v) is 2.88. The summed E-state index contributed by atoms with van der Waals surface area (Å²) in [7, 11) is 0. The first-order valence-electron chi connectivity index (χ1n) is 4.56. The average molecular weight is 315 g/mol. The van der Waals surface area contributed by atoms with Gasteiger partial charge in [0.25, 0.3) is 0 Å². The predicted molar refractivity (Wildman–Crippen MR) is 67.1 cm³/mol. The Morgan fingerprint density at radius 3 is 2.93 bits per heavy atom. The fourth-order valence-corrected chi connectivity index (χ4v) is 1.79. The maximum absolute atomic E-state index is 11.5. The van der Waals surface area contributed by atoms with Crippen molar-refractivity contribution in [1.82, 2.24) is 0 Å². The number of benzene rings is 1. The predicted octanol–water partition coefficient (Wildman–Crippen LogP) is 3.23. The van der Waals surface area contributed by atoms with Crippen molar-refractivity contribution in [3.05, 3.63) is 39.7 Å². The summed E-state index contributed by atoms with van der Waals surface area (Å²) < 4.78 is 6.84. The highest BCUT2D eigenvalue weighted by molar-refractivity contribution is 14.1. The van der Waals surface area contributed by atoms with Crippen molar-refractivity contribution in [2.45, 2.75) is 6.92 Å². The molecule has 1 heterocycles. The Morgan fingerprint density at radius 1 is 1.53 bits per heavy atom. The number of halogens is 1. The molecule has 15 heavy (non-hydrogen) atoms. The summed E-state index contributed by atoms with van der Waals surface area (Å²) in [5.41, 5.74) is 2.01. The summed E-state index contributed by atoms with van der Waals surface area (Å²) in [5.74, 6) is 0.696. The molecule has 1 aliphatic heterocycles. The fourth-order valence-electron chi connectivity index (χ4n) is 1.47. The van der Waals surface area contributed by atoms with Gasteiger partial charge in [-0.25, -0.2) is 4.79 Å². The number of aryl methyl sites for hydroxylation is 1. The Balaban J connectivity index is 2.29. The van der Waals surface area contributed by atoms with Crippen molar-refractivity contribution in [3.63, 3.8) is 0 Å². The Kier molecular flexibility index (Phi) is 2.95. The van der Waals surface area contributed by atoms with Crippen LogP contribution in [0.15, 0.2) is 34.1 Å². The van der Waals surface area contributed by atoms with Crippen molar-refractivity contribution in [3.8, 4) is 0 Å². The number of cyclic esters (lactones) is 1. The van der Waals surface area contributed by atoms with E-state index in [2.05, 4.69) is 22.6 Å². The molecule has 0 aromatic heterocycles. The number of amides is 1. The van der Waals surface area contributed by atoms with Crippen LogP contribution in [0.3, 0.4) is 0 Å². The topological polar surface area (TPSA) is 29.5 Å². The summed E-state index contributed by atoms with van der Waals surface area (Å²) in [5, 5.41) is 0. The van der Waals surface area contributed by atoms with Gasteiger partial charge in [-0.15, -0.1) is 0 Å². The van der Waals surface area contributed by atoms with Gasteiger partial charge in [0, 0.05) is 9.77 Å². The van der Waals surface area contributed by atoms with E-state index >= 15 is 0 Å². The van der Waals surface area contributed by atoms with Crippen molar-refractivity contribution in [2.24, 2.45) is 0 Å². The molecular formula is C11H10INO2. The van der Waals surface area contributed by atoms with Crippen LogP contribution in [-0.2, 0) is 4.74 Å². The van der Waals surface area contributed by atoms with Crippen LogP contribution in [-0.4, -0.2) is 12.6 Å². The second-order valence-corrected chi connectivity index (χ2v) is 3.99.